The zero-order chi connectivity index (χ0) is 21.0. The summed E-state index contributed by atoms with van der Waals surface area (Å²) in [4.78, 5) is 12.1. The highest BCUT2D eigenvalue weighted by Crippen LogP contribution is 2.23. The van der Waals surface area contributed by atoms with Crippen LogP contribution in [0.3, 0.4) is 0 Å². The number of hydrogen-bond acceptors (Lipinski definition) is 6. The molecule has 0 spiro atoms. The quantitative estimate of drug-likeness (QED) is 0.631. The Morgan fingerprint density at radius 2 is 2.00 bits per heavy atom. The van der Waals surface area contributed by atoms with E-state index < -0.39 is 10.0 Å². The fourth-order valence-electron chi connectivity index (χ4n) is 2.66. The SMILES string of the molecule is COc1ccc(CC(=O)Nc2ccc(-n3cc(C#N)cn3)c(S(N)(=O)=O)c2)cc1. The molecule has 29 heavy (non-hydrogen) atoms. The molecule has 0 aliphatic carbocycles. The van der Waals surface area contributed by atoms with Gasteiger partial charge in [-0.15, -0.1) is 0 Å². The van der Waals surface area contributed by atoms with Crippen molar-refractivity contribution in [2.24, 2.45) is 5.14 Å². The summed E-state index contributed by atoms with van der Waals surface area (Å²) in [5.74, 6) is 0.356. The van der Waals surface area contributed by atoms with E-state index in [0.29, 0.717) is 5.75 Å². The molecule has 1 aromatic heterocycles. The molecule has 0 bridgehead atoms. The van der Waals surface area contributed by atoms with Crippen LogP contribution in [0.5, 0.6) is 5.75 Å². The highest BCUT2D eigenvalue weighted by molar-refractivity contribution is 7.89. The number of nitrogens with zero attached hydrogens (tertiary/aromatic N) is 3. The van der Waals surface area contributed by atoms with Crippen LogP contribution in [0.1, 0.15) is 11.1 Å². The Labute approximate surface area is 167 Å². The van der Waals surface area contributed by atoms with Crippen LogP contribution in [0.25, 0.3) is 5.69 Å². The Hall–Kier alpha value is -3.68. The average molecular weight is 411 g/mol. The maximum absolute atomic E-state index is 12.3. The number of rotatable bonds is 6. The van der Waals surface area contributed by atoms with E-state index in [4.69, 9.17) is 15.1 Å². The smallest absolute Gasteiger partial charge is 0.240 e. The van der Waals surface area contributed by atoms with Crippen molar-refractivity contribution in [2.45, 2.75) is 11.3 Å². The molecule has 0 unspecified atom stereocenters. The third-order valence-electron chi connectivity index (χ3n) is 4.03. The van der Waals surface area contributed by atoms with Gasteiger partial charge in [-0.3, -0.25) is 4.79 Å². The van der Waals surface area contributed by atoms with E-state index in [9.17, 15) is 13.2 Å². The number of benzene rings is 2. The number of ether oxygens (including phenoxy) is 1. The first-order chi connectivity index (χ1) is 13.8. The standard InChI is InChI=1S/C19H17N5O4S/c1-28-16-5-2-13(3-6-16)8-19(25)23-15-4-7-17(18(9-15)29(21,26)27)24-12-14(10-20)11-22-24/h2-7,9,11-12H,8H2,1H3,(H,23,25)(H2,21,26,27). The molecule has 0 aliphatic heterocycles. The molecule has 0 saturated heterocycles. The number of aromatic nitrogens is 2. The third kappa shape index (κ3) is 4.78. The van der Waals surface area contributed by atoms with Crippen molar-refractivity contribution in [3.05, 3.63) is 66.0 Å². The van der Waals surface area contributed by atoms with Gasteiger partial charge >= 0.3 is 0 Å². The van der Waals surface area contributed by atoms with Gasteiger partial charge in [-0.1, -0.05) is 12.1 Å². The first-order valence-electron chi connectivity index (χ1n) is 8.35. The lowest BCUT2D eigenvalue weighted by Gasteiger charge is -2.11. The van der Waals surface area contributed by atoms with Gasteiger partial charge in [-0.25, -0.2) is 18.2 Å². The summed E-state index contributed by atoms with van der Waals surface area (Å²) in [5.41, 5.74) is 1.47. The molecule has 0 radical (unpaired) electrons. The zero-order valence-electron chi connectivity index (χ0n) is 15.4. The minimum Gasteiger partial charge on any atom is -0.497 e. The first kappa shape index (κ1) is 20.1. The van der Waals surface area contributed by atoms with Crippen LogP contribution in [-0.4, -0.2) is 31.2 Å². The minimum atomic E-state index is -4.11. The highest BCUT2D eigenvalue weighted by atomic mass is 32.2. The molecule has 1 heterocycles. The molecule has 0 saturated carbocycles. The lowest BCUT2D eigenvalue weighted by Crippen LogP contribution is -2.18. The summed E-state index contributed by atoms with van der Waals surface area (Å²) >= 11 is 0. The number of hydrogen-bond donors (Lipinski definition) is 2. The zero-order valence-corrected chi connectivity index (χ0v) is 16.2. The van der Waals surface area contributed by atoms with E-state index in [0.717, 1.165) is 5.56 Å². The molecule has 9 nitrogen and oxygen atoms in total. The van der Waals surface area contributed by atoms with Crippen LogP contribution in [0, 0.1) is 11.3 Å². The molecule has 3 aromatic rings. The largest absolute Gasteiger partial charge is 0.497 e. The summed E-state index contributed by atoms with van der Waals surface area (Å²) in [6, 6.07) is 13.2. The Bertz CT molecular complexity index is 1190. The van der Waals surface area contributed by atoms with Gasteiger partial charge in [-0.2, -0.15) is 10.4 Å². The monoisotopic (exact) mass is 411 g/mol. The second-order valence-electron chi connectivity index (χ2n) is 6.09. The number of carbonyl (C=O) groups is 1. The third-order valence-corrected chi connectivity index (χ3v) is 4.97. The summed E-state index contributed by atoms with van der Waals surface area (Å²) in [7, 11) is -2.56. The topological polar surface area (TPSA) is 140 Å². The predicted molar refractivity (Wildman–Crippen MR) is 105 cm³/mol. The fourth-order valence-corrected chi connectivity index (χ4v) is 3.40. The first-order valence-corrected chi connectivity index (χ1v) is 9.89. The van der Waals surface area contributed by atoms with Crippen LogP contribution >= 0.6 is 0 Å². The normalized spacial score (nSPS) is 10.9. The number of nitrogens with two attached hydrogens (primary N) is 1. The van der Waals surface area contributed by atoms with E-state index in [1.54, 1.807) is 31.4 Å². The van der Waals surface area contributed by atoms with E-state index in [1.807, 2.05) is 6.07 Å². The van der Waals surface area contributed by atoms with Gasteiger partial charge in [0, 0.05) is 11.9 Å². The highest BCUT2D eigenvalue weighted by Gasteiger charge is 2.18. The van der Waals surface area contributed by atoms with Crippen LogP contribution in [-0.2, 0) is 21.2 Å². The fraction of sp³-hybridized carbons (Fsp3) is 0.105. The van der Waals surface area contributed by atoms with Crippen molar-refractivity contribution >= 4 is 21.6 Å². The maximum atomic E-state index is 12.3. The van der Waals surface area contributed by atoms with Gasteiger partial charge in [-0.05, 0) is 35.9 Å². The van der Waals surface area contributed by atoms with Crippen molar-refractivity contribution in [3.63, 3.8) is 0 Å². The Balaban J connectivity index is 1.84. The number of carbonyl (C=O) groups excluding carboxylic acids is 1. The summed E-state index contributed by atoms with van der Waals surface area (Å²) in [5, 5.41) is 20.9. The predicted octanol–water partition coefficient (Wildman–Crippen LogP) is 1.58. The molecular formula is C19H17N5O4S. The van der Waals surface area contributed by atoms with Crippen LogP contribution in [0.2, 0.25) is 0 Å². The molecule has 148 valence electrons. The Morgan fingerprint density at radius 3 is 2.59 bits per heavy atom. The van der Waals surface area contributed by atoms with Gasteiger partial charge in [0.05, 0.1) is 31.0 Å². The van der Waals surface area contributed by atoms with E-state index in [1.165, 1.54) is 35.3 Å². The summed E-state index contributed by atoms with van der Waals surface area (Å²) < 4.78 is 30.4. The minimum absolute atomic E-state index is 0.0984. The van der Waals surface area contributed by atoms with Crippen molar-refractivity contribution in [2.75, 3.05) is 12.4 Å². The number of methoxy groups -OCH3 is 1. The maximum Gasteiger partial charge on any atom is 0.240 e. The molecule has 0 fully saturated rings. The molecule has 10 heteroatoms. The second-order valence-corrected chi connectivity index (χ2v) is 7.62. The molecule has 2 aromatic carbocycles. The second kappa shape index (κ2) is 8.14. The van der Waals surface area contributed by atoms with Crippen LogP contribution < -0.4 is 15.2 Å². The van der Waals surface area contributed by atoms with Gasteiger partial charge in [0.2, 0.25) is 15.9 Å². The number of nitriles is 1. The van der Waals surface area contributed by atoms with Gasteiger partial charge < -0.3 is 10.1 Å². The number of primary sulfonamides is 1. The van der Waals surface area contributed by atoms with Gasteiger partial charge in [0.15, 0.2) is 0 Å². The van der Waals surface area contributed by atoms with Crippen molar-refractivity contribution < 1.29 is 17.9 Å². The van der Waals surface area contributed by atoms with Crippen molar-refractivity contribution in [3.8, 4) is 17.5 Å². The number of sulfonamides is 1. The molecular weight excluding hydrogens is 394 g/mol. The van der Waals surface area contributed by atoms with E-state index in [-0.39, 0.29) is 34.2 Å². The van der Waals surface area contributed by atoms with E-state index in [2.05, 4.69) is 10.4 Å². The molecule has 3 N–H and O–H groups in total. The van der Waals surface area contributed by atoms with Crippen LogP contribution in [0.4, 0.5) is 5.69 Å². The molecule has 1 amide bonds. The molecule has 0 aliphatic rings. The number of amides is 1. The van der Waals surface area contributed by atoms with Gasteiger partial charge in [0.25, 0.3) is 0 Å². The molecule has 0 atom stereocenters. The van der Waals surface area contributed by atoms with Gasteiger partial charge in [0.1, 0.15) is 16.7 Å². The summed E-state index contributed by atoms with van der Waals surface area (Å²) in [6.07, 6.45) is 2.78. The average Bonchev–Trinajstić information content (AvgIpc) is 3.17. The van der Waals surface area contributed by atoms with Crippen molar-refractivity contribution in [1.82, 2.24) is 9.78 Å². The van der Waals surface area contributed by atoms with Crippen molar-refractivity contribution in [1.29, 1.82) is 5.26 Å². The lowest BCUT2D eigenvalue weighted by molar-refractivity contribution is -0.115. The Morgan fingerprint density at radius 1 is 1.28 bits per heavy atom. The Kier molecular flexibility index (Phi) is 5.63. The summed E-state index contributed by atoms with van der Waals surface area (Å²) in [6.45, 7) is 0. The number of anilines is 1. The van der Waals surface area contributed by atoms with Crippen LogP contribution in [0.15, 0.2) is 59.8 Å². The number of nitrogens with one attached hydrogen (secondary N) is 1. The van der Waals surface area contributed by atoms with E-state index >= 15 is 0 Å². The molecule has 3 rings (SSSR count). The lowest BCUT2D eigenvalue weighted by atomic mass is 10.1.